The average molecular weight is 460 g/mol. The Balaban J connectivity index is 0.985. The van der Waals surface area contributed by atoms with Crippen molar-refractivity contribution >= 4 is 5.69 Å². The third-order valence-electron chi connectivity index (χ3n) is 8.90. The molecule has 5 aliphatic carbocycles. The smallest absolute Gasteiger partial charge is 0.257 e. The Bertz CT molecular complexity index is 1150. The highest BCUT2D eigenvalue weighted by Gasteiger charge is 2.52. The molecule has 0 amide bonds. The van der Waals surface area contributed by atoms with Crippen molar-refractivity contribution in [1.29, 1.82) is 0 Å². The van der Waals surface area contributed by atoms with Gasteiger partial charge in [-0.05, 0) is 99.7 Å². The van der Waals surface area contributed by atoms with E-state index >= 15 is 0 Å². The van der Waals surface area contributed by atoms with Gasteiger partial charge in [0.15, 0.2) is 11.6 Å². The van der Waals surface area contributed by atoms with E-state index in [1.165, 1.54) is 44.9 Å². The normalized spacial score (nSPS) is 28.4. The molecule has 178 valence electrons. The topological polar surface area (TPSA) is 89.9 Å². The van der Waals surface area contributed by atoms with Gasteiger partial charge in [-0.25, -0.2) is 0 Å². The summed E-state index contributed by atoms with van der Waals surface area (Å²) in [4.78, 5) is 9.46. The number of aromatic nitrogens is 4. The van der Waals surface area contributed by atoms with Gasteiger partial charge in [0, 0.05) is 36.1 Å². The molecule has 0 saturated heterocycles. The standard InChI is InChI=1S/C27H33N5O2/c1-2-20(24-29-22(31-33-24)14-18-4-5-18)16-21(3-1)28-17-26-8-11-27(12-9-26,13-10-26)25-30-23(32-34-25)15-19-6-7-19/h1-3,16,18-19,28H,4-15,17H2. The molecule has 5 aliphatic rings. The van der Waals surface area contributed by atoms with Gasteiger partial charge in [0.1, 0.15) is 0 Å². The van der Waals surface area contributed by atoms with Gasteiger partial charge in [-0.1, -0.05) is 16.4 Å². The first-order valence-corrected chi connectivity index (χ1v) is 13.2. The number of benzene rings is 1. The number of fused-ring (bicyclic) bond motifs is 3. The summed E-state index contributed by atoms with van der Waals surface area (Å²) in [5.74, 6) is 4.85. The van der Waals surface area contributed by atoms with Crippen LogP contribution in [0.25, 0.3) is 11.5 Å². The zero-order valence-corrected chi connectivity index (χ0v) is 19.8. The SMILES string of the molecule is c1cc(NCC23CCC(c4nc(CC5CC5)no4)(CC2)CC3)cc(-c2nc(CC3CC3)no2)c1. The van der Waals surface area contributed by atoms with Crippen LogP contribution in [0.2, 0.25) is 0 Å². The Morgan fingerprint density at radius 2 is 1.50 bits per heavy atom. The summed E-state index contributed by atoms with van der Waals surface area (Å²) in [7, 11) is 0. The summed E-state index contributed by atoms with van der Waals surface area (Å²) in [6.07, 6.45) is 14.3. The third kappa shape index (κ3) is 4.03. The molecule has 0 aliphatic heterocycles. The molecular formula is C27H33N5O2. The Labute approximate surface area is 200 Å². The number of hydrogen-bond acceptors (Lipinski definition) is 7. The van der Waals surface area contributed by atoms with Crippen LogP contribution in [0.5, 0.6) is 0 Å². The van der Waals surface area contributed by atoms with Crippen LogP contribution in [-0.4, -0.2) is 26.8 Å². The van der Waals surface area contributed by atoms with Crippen molar-refractivity contribution in [2.45, 2.75) is 82.5 Å². The molecular weight excluding hydrogens is 426 g/mol. The van der Waals surface area contributed by atoms with Crippen LogP contribution < -0.4 is 5.32 Å². The van der Waals surface area contributed by atoms with E-state index in [1.54, 1.807) is 0 Å². The molecule has 0 unspecified atom stereocenters. The van der Waals surface area contributed by atoms with Crippen LogP contribution in [0.4, 0.5) is 5.69 Å². The monoisotopic (exact) mass is 459 g/mol. The number of nitrogens with zero attached hydrogens (tertiary/aromatic N) is 4. The summed E-state index contributed by atoms with van der Waals surface area (Å²) in [6.45, 7) is 1.00. The van der Waals surface area contributed by atoms with E-state index in [2.05, 4.69) is 44.9 Å². The fraction of sp³-hybridized carbons (Fsp3) is 0.630. The molecule has 2 heterocycles. The minimum absolute atomic E-state index is 0.118. The van der Waals surface area contributed by atoms with Crippen molar-refractivity contribution in [3.8, 4) is 11.5 Å². The van der Waals surface area contributed by atoms with Gasteiger partial charge in [0.2, 0.25) is 5.89 Å². The summed E-state index contributed by atoms with van der Waals surface area (Å²) < 4.78 is 11.3. The predicted octanol–water partition coefficient (Wildman–Crippen LogP) is 5.73. The molecule has 7 nitrogen and oxygen atoms in total. The van der Waals surface area contributed by atoms with E-state index < -0.39 is 0 Å². The first kappa shape index (κ1) is 20.7. The number of rotatable bonds is 9. The molecule has 5 fully saturated rings. The lowest BCUT2D eigenvalue weighted by molar-refractivity contribution is 0.0322. The van der Waals surface area contributed by atoms with Gasteiger partial charge < -0.3 is 14.4 Å². The molecule has 0 atom stereocenters. The molecule has 34 heavy (non-hydrogen) atoms. The molecule has 2 aromatic heterocycles. The quantitative estimate of drug-likeness (QED) is 0.437. The predicted molar refractivity (Wildman–Crippen MR) is 127 cm³/mol. The molecule has 0 radical (unpaired) electrons. The van der Waals surface area contributed by atoms with Gasteiger partial charge in [0.05, 0.1) is 0 Å². The van der Waals surface area contributed by atoms with E-state index in [1.807, 2.05) is 0 Å². The second-order valence-electron chi connectivity index (χ2n) is 11.5. The van der Waals surface area contributed by atoms with E-state index in [9.17, 15) is 0 Å². The Morgan fingerprint density at radius 1 is 0.824 bits per heavy atom. The fourth-order valence-electron chi connectivity index (χ4n) is 6.07. The van der Waals surface area contributed by atoms with Crippen molar-refractivity contribution in [2.75, 3.05) is 11.9 Å². The molecule has 7 heteroatoms. The fourth-order valence-corrected chi connectivity index (χ4v) is 6.07. The Kier molecular flexibility index (Phi) is 4.81. The van der Waals surface area contributed by atoms with Gasteiger partial charge in [-0.2, -0.15) is 9.97 Å². The summed E-state index contributed by atoms with van der Waals surface area (Å²) in [6, 6.07) is 8.40. The van der Waals surface area contributed by atoms with Crippen LogP contribution in [0.15, 0.2) is 33.3 Å². The van der Waals surface area contributed by atoms with Crippen LogP contribution in [0, 0.1) is 17.3 Å². The third-order valence-corrected chi connectivity index (χ3v) is 8.90. The molecule has 3 aromatic rings. The van der Waals surface area contributed by atoms with Crippen molar-refractivity contribution < 1.29 is 9.05 Å². The Hall–Kier alpha value is -2.70. The first-order valence-electron chi connectivity index (χ1n) is 13.2. The maximum absolute atomic E-state index is 5.80. The maximum Gasteiger partial charge on any atom is 0.257 e. The highest BCUT2D eigenvalue weighted by atomic mass is 16.5. The van der Waals surface area contributed by atoms with Gasteiger partial charge >= 0.3 is 0 Å². The highest BCUT2D eigenvalue weighted by molar-refractivity contribution is 5.61. The lowest BCUT2D eigenvalue weighted by atomic mass is 9.53. The maximum atomic E-state index is 5.80. The Morgan fingerprint density at radius 3 is 2.21 bits per heavy atom. The first-order chi connectivity index (χ1) is 16.7. The molecule has 2 bridgehead atoms. The zero-order valence-electron chi connectivity index (χ0n) is 19.8. The van der Waals surface area contributed by atoms with Crippen LogP contribution in [-0.2, 0) is 18.3 Å². The van der Waals surface area contributed by atoms with E-state index in [4.69, 9.17) is 14.0 Å². The van der Waals surface area contributed by atoms with Crippen molar-refractivity contribution in [3.05, 3.63) is 41.8 Å². The van der Waals surface area contributed by atoms with Crippen LogP contribution in [0.3, 0.4) is 0 Å². The average Bonchev–Trinajstić information content (AvgIpc) is 3.77. The van der Waals surface area contributed by atoms with Crippen LogP contribution >= 0.6 is 0 Å². The summed E-state index contributed by atoms with van der Waals surface area (Å²) in [5.41, 5.74) is 2.59. The molecule has 1 N–H and O–H groups in total. The second-order valence-corrected chi connectivity index (χ2v) is 11.5. The molecule has 8 rings (SSSR count). The molecule has 0 spiro atoms. The zero-order chi connectivity index (χ0) is 22.6. The minimum Gasteiger partial charge on any atom is -0.384 e. The molecule has 5 saturated carbocycles. The molecule has 1 aromatic carbocycles. The highest BCUT2D eigenvalue weighted by Crippen LogP contribution is 2.57. The lowest BCUT2D eigenvalue weighted by Crippen LogP contribution is -2.47. The van der Waals surface area contributed by atoms with Gasteiger partial charge in [0.25, 0.3) is 5.89 Å². The van der Waals surface area contributed by atoms with Crippen molar-refractivity contribution in [1.82, 2.24) is 20.3 Å². The minimum atomic E-state index is 0.118. The van der Waals surface area contributed by atoms with E-state index in [-0.39, 0.29) is 5.41 Å². The van der Waals surface area contributed by atoms with E-state index in [0.29, 0.717) is 11.3 Å². The largest absolute Gasteiger partial charge is 0.384 e. The number of hydrogen-bond donors (Lipinski definition) is 1. The lowest BCUT2D eigenvalue weighted by Gasteiger charge is -2.52. The van der Waals surface area contributed by atoms with Crippen molar-refractivity contribution in [3.63, 3.8) is 0 Å². The summed E-state index contributed by atoms with van der Waals surface area (Å²) in [5, 5.41) is 12.2. The van der Waals surface area contributed by atoms with Gasteiger partial charge in [-0.3, -0.25) is 0 Å². The van der Waals surface area contributed by atoms with Gasteiger partial charge in [-0.15, -0.1) is 0 Å². The van der Waals surface area contributed by atoms with E-state index in [0.717, 1.165) is 79.3 Å². The van der Waals surface area contributed by atoms with Crippen molar-refractivity contribution in [2.24, 2.45) is 17.3 Å². The number of nitrogens with one attached hydrogen (secondary N) is 1. The number of anilines is 1. The summed E-state index contributed by atoms with van der Waals surface area (Å²) >= 11 is 0. The second kappa shape index (κ2) is 7.92. The van der Waals surface area contributed by atoms with Crippen LogP contribution in [0.1, 0.15) is 81.7 Å².